The molecule has 1 aromatic carbocycles. The average Bonchev–Trinajstić information content (AvgIpc) is 2.81. The van der Waals surface area contributed by atoms with Crippen molar-refractivity contribution >= 4 is 45.9 Å². The van der Waals surface area contributed by atoms with Crippen molar-refractivity contribution in [2.24, 2.45) is 0 Å². The minimum atomic E-state index is 0.625. The van der Waals surface area contributed by atoms with Crippen LogP contribution >= 0.6 is 0 Å². The molecule has 0 aliphatic rings. The molecule has 158 valence electrons. The Balaban J connectivity index is 2.02. The molecule has 0 fully saturated rings. The van der Waals surface area contributed by atoms with E-state index < -0.39 is 0 Å². The largest absolute Gasteiger partial charge is 0.495 e. The molecule has 0 radical (unpaired) electrons. The van der Waals surface area contributed by atoms with E-state index in [2.05, 4.69) is 25.9 Å². The number of nitrogens with zero attached hydrogens (tertiary/aromatic N) is 2. The summed E-state index contributed by atoms with van der Waals surface area (Å²) in [5.41, 5.74) is 3.71. The second kappa shape index (κ2) is 10.0. The number of allylic oxidation sites excluding steroid dienone is 2. The predicted molar refractivity (Wildman–Crippen MR) is 127 cm³/mol. The highest BCUT2D eigenvalue weighted by atomic mass is 16.5. The van der Waals surface area contributed by atoms with Gasteiger partial charge in [0.1, 0.15) is 11.6 Å². The SMILES string of the molecule is CN/C=C(\C=N)c1ccc(Nc2cc3c(/C(C=N)=C/NC)nccc3cn2)c(OC)c1. The van der Waals surface area contributed by atoms with Gasteiger partial charge in [0.2, 0.25) is 0 Å². The molecule has 3 rings (SSSR count). The molecule has 8 nitrogen and oxygen atoms in total. The van der Waals surface area contributed by atoms with E-state index in [4.69, 9.17) is 15.6 Å². The summed E-state index contributed by atoms with van der Waals surface area (Å²) in [5, 5.41) is 26.3. The van der Waals surface area contributed by atoms with Gasteiger partial charge in [-0.05, 0) is 29.8 Å². The lowest BCUT2D eigenvalue weighted by Gasteiger charge is -2.14. The van der Waals surface area contributed by atoms with Crippen molar-refractivity contribution < 1.29 is 4.74 Å². The van der Waals surface area contributed by atoms with Crippen LogP contribution in [0.4, 0.5) is 11.5 Å². The molecule has 0 unspecified atom stereocenters. The van der Waals surface area contributed by atoms with Crippen molar-refractivity contribution in [1.82, 2.24) is 20.6 Å². The van der Waals surface area contributed by atoms with E-state index in [1.807, 2.05) is 30.3 Å². The number of hydrogen-bond acceptors (Lipinski definition) is 8. The summed E-state index contributed by atoms with van der Waals surface area (Å²) in [5.74, 6) is 1.25. The second-order valence-corrected chi connectivity index (χ2v) is 6.56. The highest BCUT2D eigenvalue weighted by Crippen LogP contribution is 2.31. The minimum absolute atomic E-state index is 0.625. The first kappa shape index (κ1) is 21.5. The van der Waals surface area contributed by atoms with Gasteiger partial charge >= 0.3 is 0 Å². The summed E-state index contributed by atoms with van der Waals surface area (Å²) in [4.78, 5) is 8.97. The lowest BCUT2D eigenvalue weighted by Crippen LogP contribution is -2.01. The Morgan fingerprint density at radius 3 is 2.39 bits per heavy atom. The summed E-state index contributed by atoms with van der Waals surface area (Å²) in [6, 6.07) is 9.46. The van der Waals surface area contributed by atoms with Crippen molar-refractivity contribution in [1.29, 1.82) is 10.8 Å². The number of aromatic nitrogens is 2. The summed E-state index contributed by atoms with van der Waals surface area (Å²) in [7, 11) is 5.18. The van der Waals surface area contributed by atoms with E-state index in [0.717, 1.165) is 27.6 Å². The number of benzene rings is 1. The van der Waals surface area contributed by atoms with Gasteiger partial charge in [0.15, 0.2) is 0 Å². The Hall–Kier alpha value is -4.20. The predicted octanol–water partition coefficient (Wildman–Crippen LogP) is 3.80. The van der Waals surface area contributed by atoms with Crippen molar-refractivity contribution in [3.05, 3.63) is 66.4 Å². The van der Waals surface area contributed by atoms with Crippen LogP contribution in [0.1, 0.15) is 11.3 Å². The first-order valence-corrected chi connectivity index (χ1v) is 9.61. The third-order valence-corrected chi connectivity index (χ3v) is 4.63. The van der Waals surface area contributed by atoms with E-state index >= 15 is 0 Å². The lowest BCUT2D eigenvalue weighted by atomic mass is 10.1. The fraction of sp³-hybridized carbons (Fsp3) is 0.130. The Morgan fingerprint density at radius 2 is 1.71 bits per heavy atom. The number of rotatable bonds is 9. The molecule has 0 aliphatic heterocycles. The number of ether oxygens (including phenoxy) is 1. The van der Waals surface area contributed by atoms with Crippen LogP contribution in [0.3, 0.4) is 0 Å². The van der Waals surface area contributed by atoms with E-state index in [1.165, 1.54) is 12.4 Å². The van der Waals surface area contributed by atoms with Crippen LogP contribution in [0.2, 0.25) is 0 Å². The molecule has 2 aromatic heterocycles. The number of fused-ring (bicyclic) bond motifs is 1. The van der Waals surface area contributed by atoms with Crippen LogP contribution in [-0.2, 0) is 0 Å². The maximum Gasteiger partial charge on any atom is 0.142 e. The highest BCUT2D eigenvalue weighted by molar-refractivity contribution is 6.12. The molecule has 3 aromatic rings. The Kier molecular flexibility index (Phi) is 6.95. The number of pyridine rings is 2. The maximum atomic E-state index is 7.72. The molecule has 2 heterocycles. The van der Waals surface area contributed by atoms with Crippen LogP contribution in [0.5, 0.6) is 5.75 Å². The molecule has 0 saturated carbocycles. The van der Waals surface area contributed by atoms with Gasteiger partial charge in [-0.25, -0.2) is 4.98 Å². The van der Waals surface area contributed by atoms with Gasteiger partial charge in [0.25, 0.3) is 0 Å². The Bertz CT molecular complexity index is 1170. The first-order chi connectivity index (χ1) is 15.1. The Labute approximate surface area is 181 Å². The lowest BCUT2D eigenvalue weighted by molar-refractivity contribution is 0.416. The molecular formula is C23H25N7O. The third kappa shape index (κ3) is 4.69. The van der Waals surface area contributed by atoms with Crippen molar-refractivity contribution in [2.75, 3.05) is 26.5 Å². The van der Waals surface area contributed by atoms with Gasteiger partial charge in [0.05, 0.1) is 18.5 Å². The van der Waals surface area contributed by atoms with Crippen LogP contribution in [0.15, 0.2) is 55.1 Å². The molecular weight excluding hydrogens is 390 g/mol. The van der Waals surface area contributed by atoms with Crippen LogP contribution in [-0.4, -0.2) is 43.6 Å². The molecule has 5 N–H and O–H groups in total. The minimum Gasteiger partial charge on any atom is -0.495 e. The van der Waals surface area contributed by atoms with E-state index in [-0.39, 0.29) is 0 Å². The van der Waals surface area contributed by atoms with Gasteiger partial charge < -0.3 is 31.5 Å². The normalized spacial score (nSPS) is 11.7. The van der Waals surface area contributed by atoms with Crippen molar-refractivity contribution in [3.63, 3.8) is 0 Å². The van der Waals surface area contributed by atoms with Crippen LogP contribution < -0.4 is 20.7 Å². The van der Waals surface area contributed by atoms with Gasteiger partial charge in [-0.2, -0.15) is 0 Å². The zero-order valence-corrected chi connectivity index (χ0v) is 17.7. The average molecular weight is 416 g/mol. The monoisotopic (exact) mass is 415 g/mol. The molecule has 0 aliphatic carbocycles. The molecule has 0 spiro atoms. The number of anilines is 2. The van der Waals surface area contributed by atoms with E-state index in [9.17, 15) is 0 Å². The van der Waals surface area contributed by atoms with Crippen LogP contribution in [0.25, 0.3) is 21.9 Å². The van der Waals surface area contributed by atoms with Crippen molar-refractivity contribution in [2.45, 2.75) is 0 Å². The molecule has 0 bridgehead atoms. The van der Waals surface area contributed by atoms with Gasteiger partial charge in [-0.3, -0.25) is 4.98 Å². The zero-order chi connectivity index (χ0) is 22.2. The smallest absolute Gasteiger partial charge is 0.142 e. The van der Waals surface area contributed by atoms with Gasteiger partial charge in [-0.15, -0.1) is 0 Å². The first-order valence-electron chi connectivity index (χ1n) is 9.61. The topological polar surface area (TPSA) is 119 Å². The van der Waals surface area contributed by atoms with E-state index in [0.29, 0.717) is 22.8 Å². The summed E-state index contributed by atoms with van der Waals surface area (Å²) in [6.07, 6.45) is 9.54. The fourth-order valence-corrected chi connectivity index (χ4v) is 3.17. The summed E-state index contributed by atoms with van der Waals surface area (Å²) < 4.78 is 5.56. The molecule has 31 heavy (non-hydrogen) atoms. The standard InChI is InChI=1S/C23H25N7O/c1-26-12-17(10-24)15-4-5-20(21(8-15)31-3)30-22-9-19-16(14-29-22)6-7-28-23(19)18(11-25)13-27-2/h4-14,24-27H,1-3H3,(H,29,30)/b17-12+,18-13+,24-10?,25-11?. The van der Waals surface area contributed by atoms with E-state index in [1.54, 1.807) is 46.0 Å². The maximum absolute atomic E-state index is 7.72. The highest BCUT2D eigenvalue weighted by Gasteiger charge is 2.11. The fourth-order valence-electron chi connectivity index (χ4n) is 3.17. The quantitative estimate of drug-likeness (QED) is 0.339. The molecule has 0 amide bonds. The van der Waals surface area contributed by atoms with Gasteiger partial charge in [-0.1, -0.05) is 6.07 Å². The second-order valence-electron chi connectivity index (χ2n) is 6.56. The number of hydrogen-bond donors (Lipinski definition) is 5. The molecule has 8 heteroatoms. The van der Waals surface area contributed by atoms with Crippen molar-refractivity contribution in [3.8, 4) is 5.75 Å². The Morgan fingerprint density at radius 1 is 0.968 bits per heavy atom. The summed E-state index contributed by atoms with van der Waals surface area (Å²) in [6.45, 7) is 0. The molecule has 0 atom stereocenters. The third-order valence-electron chi connectivity index (χ3n) is 4.63. The van der Waals surface area contributed by atoms with Gasteiger partial charge in [0, 0.05) is 73.2 Å². The number of nitrogens with one attached hydrogen (secondary N) is 5. The van der Waals surface area contributed by atoms with Crippen LogP contribution in [0, 0.1) is 10.8 Å². The number of methoxy groups -OCH3 is 1. The zero-order valence-electron chi connectivity index (χ0n) is 17.7. The summed E-state index contributed by atoms with van der Waals surface area (Å²) >= 11 is 0. The molecule has 0 saturated heterocycles.